The van der Waals surface area contributed by atoms with Crippen LogP contribution in [0.2, 0.25) is 5.02 Å². The molecule has 2 aromatic heterocycles. The molecule has 2 heterocycles. The van der Waals surface area contributed by atoms with Crippen LogP contribution in [0.3, 0.4) is 0 Å². The third kappa shape index (κ3) is 5.16. The van der Waals surface area contributed by atoms with E-state index in [2.05, 4.69) is 10.3 Å². The Labute approximate surface area is 173 Å². The molecule has 10 heteroatoms. The SMILES string of the molecule is NC(=O)c1ccsc1NC(=O)COC(=O)Cc1csc(-c2cccc(Cl)c2)n1. The van der Waals surface area contributed by atoms with Crippen LogP contribution in [-0.2, 0) is 20.7 Å². The first-order valence-electron chi connectivity index (χ1n) is 7.95. The van der Waals surface area contributed by atoms with Crippen molar-refractivity contribution in [2.75, 3.05) is 11.9 Å². The molecule has 0 spiro atoms. The summed E-state index contributed by atoms with van der Waals surface area (Å²) in [6, 6.07) is 8.77. The minimum Gasteiger partial charge on any atom is -0.455 e. The number of aromatic nitrogens is 1. The van der Waals surface area contributed by atoms with Crippen molar-refractivity contribution in [2.24, 2.45) is 5.73 Å². The molecule has 3 aromatic rings. The smallest absolute Gasteiger partial charge is 0.312 e. The summed E-state index contributed by atoms with van der Waals surface area (Å²) in [6.45, 7) is -0.472. The number of hydrogen-bond acceptors (Lipinski definition) is 7. The lowest BCUT2D eigenvalue weighted by molar-refractivity contribution is -0.146. The van der Waals surface area contributed by atoms with Crippen LogP contribution in [0.1, 0.15) is 16.1 Å². The van der Waals surface area contributed by atoms with Crippen LogP contribution in [0.5, 0.6) is 0 Å². The van der Waals surface area contributed by atoms with E-state index in [1.807, 2.05) is 12.1 Å². The monoisotopic (exact) mass is 435 g/mol. The van der Waals surface area contributed by atoms with Crippen LogP contribution in [0.15, 0.2) is 41.1 Å². The molecule has 0 aliphatic rings. The van der Waals surface area contributed by atoms with Crippen molar-refractivity contribution in [1.82, 2.24) is 4.98 Å². The van der Waals surface area contributed by atoms with Crippen molar-refractivity contribution in [2.45, 2.75) is 6.42 Å². The fourth-order valence-electron chi connectivity index (χ4n) is 2.25. The number of benzene rings is 1. The second kappa shape index (κ2) is 8.96. The molecule has 28 heavy (non-hydrogen) atoms. The van der Waals surface area contributed by atoms with E-state index in [4.69, 9.17) is 22.1 Å². The number of nitrogens with zero attached hydrogens (tertiary/aromatic N) is 1. The minimum absolute atomic E-state index is 0.0596. The minimum atomic E-state index is -0.646. The largest absolute Gasteiger partial charge is 0.455 e. The van der Waals surface area contributed by atoms with Crippen LogP contribution < -0.4 is 11.1 Å². The third-order valence-corrected chi connectivity index (χ3v) is 5.50. The van der Waals surface area contributed by atoms with Gasteiger partial charge in [-0.2, -0.15) is 0 Å². The van der Waals surface area contributed by atoms with Crippen LogP contribution >= 0.6 is 34.3 Å². The number of thiophene rings is 1. The summed E-state index contributed by atoms with van der Waals surface area (Å²) in [7, 11) is 0. The van der Waals surface area contributed by atoms with Crippen molar-refractivity contribution >= 4 is 57.1 Å². The van der Waals surface area contributed by atoms with Crippen molar-refractivity contribution in [3.63, 3.8) is 0 Å². The molecule has 3 N–H and O–H groups in total. The topological polar surface area (TPSA) is 111 Å². The molecule has 0 radical (unpaired) electrons. The van der Waals surface area contributed by atoms with E-state index in [0.717, 1.165) is 21.9 Å². The zero-order valence-electron chi connectivity index (χ0n) is 14.3. The maximum atomic E-state index is 12.0. The van der Waals surface area contributed by atoms with Gasteiger partial charge in [0.2, 0.25) is 0 Å². The first-order valence-corrected chi connectivity index (χ1v) is 10.1. The summed E-state index contributed by atoms with van der Waals surface area (Å²) in [5.41, 5.74) is 6.82. The molecule has 0 unspecified atom stereocenters. The highest BCUT2D eigenvalue weighted by Crippen LogP contribution is 2.26. The Morgan fingerprint density at radius 1 is 1.21 bits per heavy atom. The fourth-order valence-corrected chi connectivity index (χ4v) is 4.07. The highest BCUT2D eigenvalue weighted by atomic mass is 35.5. The highest BCUT2D eigenvalue weighted by molar-refractivity contribution is 7.14. The Hall–Kier alpha value is -2.75. The maximum Gasteiger partial charge on any atom is 0.312 e. The lowest BCUT2D eigenvalue weighted by Crippen LogP contribution is -2.22. The predicted octanol–water partition coefficient (Wildman–Crippen LogP) is 3.35. The van der Waals surface area contributed by atoms with Gasteiger partial charge in [0.1, 0.15) is 10.0 Å². The number of carbonyl (C=O) groups is 3. The van der Waals surface area contributed by atoms with E-state index in [1.165, 1.54) is 17.4 Å². The van der Waals surface area contributed by atoms with Gasteiger partial charge in [0, 0.05) is 16.0 Å². The van der Waals surface area contributed by atoms with E-state index < -0.39 is 24.4 Å². The molecule has 0 aliphatic carbocycles. The number of nitrogens with one attached hydrogen (secondary N) is 1. The fraction of sp³-hybridized carbons (Fsp3) is 0.111. The number of anilines is 1. The molecule has 0 atom stereocenters. The summed E-state index contributed by atoms with van der Waals surface area (Å²) in [5, 5.41) is 7.53. The first-order chi connectivity index (χ1) is 13.4. The predicted molar refractivity (Wildman–Crippen MR) is 109 cm³/mol. The molecule has 1 aromatic carbocycles. The Bertz CT molecular complexity index is 1030. The molecule has 7 nitrogen and oxygen atoms in total. The van der Waals surface area contributed by atoms with Gasteiger partial charge in [0.25, 0.3) is 11.8 Å². The average molecular weight is 436 g/mol. The van der Waals surface area contributed by atoms with Gasteiger partial charge in [-0.1, -0.05) is 23.7 Å². The van der Waals surface area contributed by atoms with E-state index >= 15 is 0 Å². The van der Waals surface area contributed by atoms with Gasteiger partial charge in [0.05, 0.1) is 17.7 Å². The number of esters is 1. The van der Waals surface area contributed by atoms with Crippen LogP contribution in [0.25, 0.3) is 10.6 Å². The van der Waals surface area contributed by atoms with Gasteiger partial charge in [-0.3, -0.25) is 14.4 Å². The highest BCUT2D eigenvalue weighted by Gasteiger charge is 2.15. The Morgan fingerprint density at radius 3 is 2.79 bits per heavy atom. The first kappa shape index (κ1) is 20.0. The quantitative estimate of drug-likeness (QED) is 0.553. The summed E-state index contributed by atoms with van der Waals surface area (Å²) in [5.74, 6) is -1.79. The number of thiazole rings is 1. The number of amides is 2. The number of nitrogens with two attached hydrogens (primary N) is 1. The molecule has 3 rings (SSSR count). The van der Waals surface area contributed by atoms with Crippen LogP contribution in [0.4, 0.5) is 5.00 Å². The van der Waals surface area contributed by atoms with E-state index in [-0.39, 0.29) is 12.0 Å². The molecule has 0 saturated carbocycles. The number of hydrogen-bond donors (Lipinski definition) is 2. The summed E-state index contributed by atoms with van der Waals surface area (Å²) in [4.78, 5) is 39.5. The van der Waals surface area contributed by atoms with Gasteiger partial charge < -0.3 is 15.8 Å². The molecule has 0 bridgehead atoms. The van der Waals surface area contributed by atoms with E-state index in [9.17, 15) is 14.4 Å². The average Bonchev–Trinajstić information content (AvgIpc) is 3.29. The number of carbonyl (C=O) groups excluding carboxylic acids is 3. The zero-order valence-corrected chi connectivity index (χ0v) is 16.7. The molecule has 0 saturated heterocycles. The molecule has 2 amide bonds. The zero-order chi connectivity index (χ0) is 20.1. The van der Waals surface area contributed by atoms with Gasteiger partial charge in [-0.05, 0) is 23.6 Å². The van der Waals surface area contributed by atoms with E-state index in [1.54, 1.807) is 22.9 Å². The maximum absolute atomic E-state index is 12.0. The summed E-state index contributed by atoms with van der Waals surface area (Å²) in [6.07, 6.45) is -0.0596. The summed E-state index contributed by atoms with van der Waals surface area (Å²) < 4.78 is 4.97. The number of halogens is 1. The van der Waals surface area contributed by atoms with Gasteiger partial charge in [0.15, 0.2) is 6.61 Å². The molecule has 0 aliphatic heterocycles. The normalized spacial score (nSPS) is 10.5. The van der Waals surface area contributed by atoms with Crippen molar-refractivity contribution < 1.29 is 19.1 Å². The van der Waals surface area contributed by atoms with Crippen molar-refractivity contribution in [3.8, 4) is 10.6 Å². The van der Waals surface area contributed by atoms with Crippen LogP contribution in [-0.4, -0.2) is 29.4 Å². The lowest BCUT2D eigenvalue weighted by atomic mass is 10.2. The standard InChI is InChI=1S/C18H14ClN3O4S2/c19-11-3-1-2-10(6-11)17-21-12(9-28-17)7-15(24)26-8-14(23)22-18-13(16(20)25)4-5-27-18/h1-6,9H,7-8H2,(H2,20,25)(H,22,23). The number of rotatable bonds is 7. The van der Waals surface area contributed by atoms with Gasteiger partial charge in [-0.25, -0.2) is 4.98 Å². The number of primary amides is 1. The second-order valence-corrected chi connectivity index (χ2v) is 7.78. The Morgan fingerprint density at radius 2 is 2.04 bits per heavy atom. The van der Waals surface area contributed by atoms with Crippen molar-refractivity contribution in [1.29, 1.82) is 0 Å². The molecule has 144 valence electrons. The Kier molecular flexibility index (Phi) is 6.40. The third-order valence-electron chi connectivity index (χ3n) is 3.50. The second-order valence-electron chi connectivity index (χ2n) is 5.57. The number of ether oxygens (including phenoxy) is 1. The molecular formula is C18H14ClN3O4S2. The van der Waals surface area contributed by atoms with Crippen molar-refractivity contribution in [3.05, 3.63) is 57.4 Å². The molecule has 0 fully saturated rings. The van der Waals surface area contributed by atoms with Gasteiger partial charge in [-0.15, -0.1) is 22.7 Å². The summed E-state index contributed by atoms with van der Waals surface area (Å²) >= 11 is 8.51. The van der Waals surface area contributed by atoms with Gasteiger partial charge >= 0.3 is 5.97 Å². The van der Waals surface area contributed by atoms with E-state index in [0.29, 0.717) is 15.7 Å². The lowest BCUT2D eigenvalue weighted by Gasteiger charge is -2.05. The molecular weight excluding hydrogens is 422 g/mol. The Balaban J connectivity index is 1.51. The van der Waals surface area contributed by atoms with Crippen LogP contribution in [0, 0.1) is 0 Å².